The summed E-state index contributed by atoms with van der Waals surface area (Å²) in [6, 6.07) is 11.5. The minimum atomic E-state index is -0.880. The number of hydrogen-bond donors (Lipinski definition) is 2. The molecule has 7 nitrogen and oxygen atoms in total. The van der Waals surface area contributed by atoms with Crippen molar-refractivity contribution in [1.82, 2.24) is 10.2 Å². The van der Waals surface area contributed by atoms with Crippen molar-refractivity contribution in [2.75, 3.05) is 13.7 Å². The number of fused-ring (bicyclic) bond motifs is 1. The third kappa shape index (κ3) is 4.18. The first-order chi connectivity index (χ1) is 15.0. The van der Waals surface area contributed by atoms with Gasteiger partial charge in [0.1, 0.15) is 5.75 Å². The SMILES string of the molecule is COc1ccc(C(O)CNC(=O)c2ccc3c(c2)C(=O)N(C2CCCCC2)C3=O)cc1. The number of rotatable bonds is 6. The molecule has 1 unspecified atom stereocenters. The van der Waals surface area contributed by atoms with Crippen molar-refractivity contribution in [3.8, 4) is 5.75 Å². The lowest BCUT2D eigenvalue weighted by Crippen LogP contribution is -2.40. The minimum Gasteiger partial charge on any atom is -0.497 e. The molecule has 2 aliphatic rings. The van der Waals surface area contributed by atoms with Gasteiger partial charge in [-0.1, -0.05) is 31.4 Å². The monoisotopic (exact) mass is 422 g/mol. The molecule has 1 aliphatic heterocycles. The van der Waals surface area contributed by atoms with Crippen LogP contribution in [0.15, 0.2) is 42.5 Å². The Hall–Kier alpha value is -3.19. The number of carbonyl (C=O) groups excluding carboxylic acids is 3. The van der Waals surface area contributed by atoms with Gasteiger partial charge < -0.3 is 15.2 Å². The number of imide groups is 1. The van der Waals surface area contributed by atoms with E-state index in [0.29, 0.717) is 16.9 Å². The van der Waals surface area contributed by atoms with E-state index in [0.717, 1.165) is 32.1 Å². The Balaban J connectivity index is 1.43. The van der Waals surface area contributed by atoms with Crippen LogP contribution in [0.5, 0.6) is 5.75 Å². The van der Waals surface area contributed by atoms with Gasteiger partial charge in [-0.2, -0.15) is 0 Å². The Morgan fingerprint density at radius 1 is 1.06 bits per heavy atom. The number of nitrogens with zero attached hydrogens (tertiary/aromatic N) is 1. The fourth-order valence-corrected chi connectivity index (χ4v) is 4.31. The van der Waals surface area contributed by atoms with Gasteiger partial charge in [-0.25, -0.2) is 0 Å². The normalized spacial score (nSPS) is 17.4. The van der Waals surface area contributed by atoms with Crippen LogP contribution < -0.4 is 10.1 Å². The lowest BCUT2D eigenvalue weighted by Gasteiger charge is -2.29. The van der Waals surface area contributed by atoms with E-state index in [1.807, 2.05) is 0 Å². The van der Waals surface area contributed by atoms with Crippen LogP contribution in [0.1, 0.15) is 74.8 Å². The lowest BCUT2D eigenvalue weighted by molar-refractivity contribution is 0.0548. The Labute approximate surface area is 181 Å². The average Bonchev–Trinajstić information content (AvgIpc) is 3.07. The zero-order valence-electron chi connectivity index (χ0n) is 17.5. The standard InChI is InChI=1S/C24H26N2O5/c1-31-18-10-7-15(8-11-18)21(27)14-25-22(28)16-9-12-19-20(13-16)24(30)26(23(19)29)17-5-3-2-4-6-17/h7-13,17,21,27H,2-6,14H2,1H3,(H,25,28). The molecule has 2 aromatic rings. The molecule has 2 aromatic carbocycles. The Morgan fingerprint density at radius 3 is 2.42 bits per heavy atom. The Kier molecular flexibility index (Phi) is 6.04. The van der Waals surface area contributed by atoms with Crippen LogP contribution in [-0.2, 0) is 0 Å². The number of aliphatic hydroxyl groups excluding tert-OH is 1. The predicted octanol–water partition coefficient (Wildman–Crippen LogP) is 3.09. The van der Waals surface area contributed by atoms with E-state index < -0.39 is 12.0 Å². The molecule has 2 N–H and O–H groups in total. The summed E-state index contributed by atoms with van der Waals surface area (Å²) in [7, 11) is 1.56. The van der Waals surface area contributed by atoms with Crippen molar-refractivity contribution < 1.29 is 24.2 Å². The average molecular weight is 422 g/mol. The summed E-state index contributed by atoms with van der Waals surface area (Å²) in [6.07, 6.45) is 3.95. The molecule has 1 heterocycles. The largest absolute Gasteiger partial charge is 0.497 e. The highest BCUT2D eigenvalue weighted by atomic mass is 16.5. The molecule has 0 saturated heterocycles. The van der Waals surface area contributed by atoms with Crippen LogP contribution in [0.4, 0.5) is 0 Å². The number of hydrogen-bond acceptors (Lipinski definition) is 5. The highest BCUT2D eigenvalue weighted by Gasteiger charge is 2.40. The third-order valence-corrected chi connectivity index (χ3v) is 6.08. The summed E-state index contributed by atoms with van der Waals surface area (Å²) in [5.74, 6) is -0.319. The molecule has 0 radical (unpaired) electrons. The first-order valence-electron chi connectivity index (χ1n) is 10.6. The molecule has 31 heavy (non-hydrogen) atoms. The number of carbonyl (C=O) groups is 3. The van der Waals surface area contributed by atoms with Crippen LogP contribution in [0, 0.1) is 0 Å². The van der Waals surface area contributed by atoms with E-state index in [1.54, 1.807) is 43.5 Å². The highest BCUT2D eigenvalue weighted by Crippen LogP contribution is 2.31. The third-order valence-electron chi connectivity index (χ3n) is 6.08. The summed E-state index contributed by atoms with van der Waals surface area (Å²) < 4.78 is 5.10. The maximum atomic E-state index is 12.9. The van der Waals surface area contributed by atoms with Crippen molar-refractivity contribution in [3.63, 3.8) is 0 Å². The second-order valence-electron chi connectivity index (χ2n) is 8.03. The highest BCUT2D eigenvalue weighted by molar-refractivity contribution is 6.22. The molecule has 1 aliphatic carbocycles. The van der Waals surface area contributed by atoms with E-state index >= 15 is 0 Å². The van der Waals surface area contributed by atoms with Crippen molar-refractivity contribution in [3.05, 3.63) is 64.7 Å². The minimum absolute atomic E-state index is 0.0172. The van der Waals surface area contributed by atoms with E-state index in [2.05, 4.69) is 5.32 Å². The van der Waals surface area contributed by atoms with Crippen molar-refractivity contribution in [2.45, 2.75) is 44.2 Å². The number of benzene rings is 2. The molecule has 1 fully saturated rings. The second-order valence-corrected chi connectivity index (χ2v) is 8.03. The molecule has 4 rings (SSSR count). The zero-order chi connectivity index (χ0) is 22.0. The van der Waals surface area contributed by atoms with Crippen LogP contribution in [0.2, 0.25) is 0 Å². The molecule has 1 saturated carbocycles. The van der Waals surface area contributed by atoms with Gasteiger partial charge in [0.05, 0.1) is 24.3 Å². The first kappa shape index (κ1) is 21.1. The maximum Gasteiger partial charge on any atom is 0.261 e. The topological polar surface area (TPSA) is 95.9 Å². The summed E-state index contributed by atoms with van der Waals surface area (Å²) >= 11 is 0. The molecule has 1 atom stereocenters. The van der Waals surface area contributed by atoms with Crippen molar-refractivity contribution >= 4 is 17.7 Å². The van der Waals surface area contributed by atoms with Gasteiger partial charge in [0.2, 0.25) is 0 Å². The number of ether oxygens (including phenoxy) is 1. The predicted molar refractivity (Wildman–Crippen MR) is 114 cm³/mol. The van der Waals surface area contributed by atoms with Crippen molar-refractivity contribution in [2.24, 2.45) is 0 Å². The van der Waals surface area contributed by atoms with Gasteiger partial charge >= 0.3 is 0 Å². The molecule has 0 spiro atoms. The first-order valence-corrected chi connectivity index (χ1v) is 10.6. The molecule has 162 valence electrons. The Bertz CT molecular complexity index is 996. The maximum absolute atomic E-state index is 12.9. The fourth-order valence-electron chi connectivity index (χ4n) is 4.31. The molecular weight excluding hydrogens is 396 g/mol. The number of nitrogens with one attached hydrogen (secondary N) is 1. The molecule has 3 amide bonds. The number of amides is 3. The van der Waals surface area contributed by atoms with Crippen molar-refractivity contribution in [1.29, 1.82) is 0 Å². The van der Waals surface area contributed by atoms with Crippen LogP contribution in [0.3, 0.4) is 0 Å². The quantitative estimate of drug-likeness (QED) is 0.698. The van der Waals surface area contributed by atoms with E-state index in [1.165, 1.54) is 11.0 Å². The van der Waals surface area contributed by atoms with Gasteiger partial charge in [-0.05, 0) is 48.7 Å². The molecule has 0 aromatic heterocycles. The fraction of sp³-hybridized carbons (Fsp3) is 0.375. The van der Waals surface area contributed by atoms with Gasteiger partial charge in [-0.3, -0.25) is 19.3 Å². The summed E-state index contributed by atoms with van der Waals surface area (Å²) in [6.45, 7) is 0.0172. The summed E-state index contributed by atoms with van der Waals surface area (Å²) in [5, 5.41) is 13.0. The Morgan fingerprint density at radius 2 is 1.74 bits per heavy atom. The smallest absolute Gasteiger partial charge is 0.261 e. The van der Waals surface area contributed by atoms with E-state index in [9.17, 15) is 19.5 Å². The molecule has 7 heteroatoms. The van der Waals surface area contributed by atoms with Gasteiger partial charge in [-0.15, -0.1) is 0 Å². The second kappa shape index (κ2) is 8.89. The van der Waals surface area contributed by atoms with E-state index in [-0.39, 0.29) is 35.5 Å². The summed E-state index contributed by atoms with van der Waals surface area (Å²) in [5.41, 5.74) is 1.57. The van der Waals surface area contributed by atoms with Crippen LogP contribution in [0.25, 0.3) is 0 Å². The molecule has 0 bridgehead atoms. The van der Waals surface area contributed by atoms with Gasteiger partial charge in [0.15, 0.2) is 0 Å². The van der Waals surface area contributed by atoms with Gasteiger partial charge in [0.25, 0.3) is 17.7 Å². The number of aliphatic hydroxyl groups is 1. The number of methoxy groups -OCH3 is 1. The van der Waals surface area contributed by atoms with Crippen LogP contribution in [-0.4, -0.2) is 47.4 Å². The molecular formula is C24H26N2O5. The summed E-state index contributed by atoms with van der Waals surface area (Å²) in [4.78, 5) is 39.6. The van der Waals surface area contributed by atoms with E-state index in [4.69, 9.17) is 4.74 Å². The lowest BCUT2D eigenvalue weighted by atomic mass is 9.94. The zero-order valence-corrected chi connectivity index (χ0v) is 17.5. The van der Waals surface area contributed by atoms with Gasteiger partial charge in [0, 0.05) is 18.2 Å². The van der Waals surface area contributed by atoms with Crippen LogP contribution >= 0.6 is 0 Å².